The van der Waals surface area contributed by atoms with Crippen molar-refractivity contribution in [2.45, 2.75) is 37.3 Å². The molecule has 0 saturated carbocycles. The SMILES string of the molecule is CN1CC[C@]2(CCC1=O)C[C@@H](NC(=O)CN(C)C(=O)c1ccco1)c1ccccc1O2. The minimum atomic E-state index is -0.511. The molecular weight excluding hydrogens is 398 g/mol. The number of hydrogen-bond donors (Lipinski definition) is 1. The van der Waals surface area contributed by atoms with Crippen molar-refractivity contribution >= 4 is 17.7 Å². The van der Waals surface area contributed by atoms with Crippen molar-refractivity contribution in [3.63, 3.8) is 0 Å². The summed E-state index contributed by atoms with van der Waals surface area (Å²) in [5.41, 5.74) is 0.396. The smallest absolute Gasteiger partial charge is 0.289 e. The van der Waals surface area contributed by atoms with Crippen molar-refractivity contribution in [1.29, 1.82) is 0 Å². The van der Waals surface area contributed by atoms with E-state index in [4.69, 9.17) is 9.15 Å². The van der Waals surface area contributed by atoms with Gasteiger partial charge in [0.25, 0.3) is 5.91 Å². The quantitative estimate of drug-likeness (QED) is 0.812. The van der Waals surface area contributed by atoms with Gasteiger partial charge in [-0.2, -0.15) is 0 Å². The molecule has 3 heterocycles. The van der Waals surface area contributed by atoms with Crippen LogP contribution in [0.3, 0.4) is 0 Å². The van der Waals surface area contributed by atoms with E-state index < -0.39 is 5.60 Å². The van der Waals surface area contributed by atoms with E-state index in [-0.39, 0.29) is 36.1 Å². The third-order valence-corrected chi connectivity index (χ3v) is 6.11. The maximum Gasteiger partial charge on any atom is 0.289 e. The summed E-state index contributed by atoms with van der Waals surface area (Å²) in [6.07, 6.45) is 3.72. The van der Waals surface area contributed by atoms with E-state index in [1.54, 1.807) is 24.1 Å². The molecule has 3 amide bonds. The van der Waals surface area contributed by atoms with Gasteiger partial charge in [0.15, 0.2) is 5.76 Å². The summed E-state index contributed by atoms with van der Waals surface area (Å²) in [6, 6.07) is 10.6. The van der Waals surface area contributed by atoms with Crippen molar-refractivity contribution in [3.8, 4) is 5.75 Å². The molecule has 2 aliphatic heterocycles. The lowest BCUT2D eigenvalue weighted by molar-refractivity contribution is -0.129. The number of carbonyl (C=O) groups is 3. The molecule has 1 aromatic heterocycles. The van der Waals surface area contributed by atoms with Gasteiger partial charge < -0.3 is 24.3 Å². The Labute approximate surface area is 181 Å². The van der Waals surface area contributed by atoms with Gasteiger partial charge in [0, 0.05) is 45.5 Å². The standard InChI is InChI=1S/C23H27N3O5/c1-25-12-11-23(10-9-21(25)28)14-17(16-6-3-4-7-18(16)31-23)24-20(27)15-26(2)22(29)19-8-5-13-30-19/h3-8,13,17H,9-12,14-15H2,1-2H3,(H,24,27)/t17-,23-/m1/s1. The van der Waals surface area contributed by atoms with Gasteiger partial charge >= 0.3 is 0 Å². The first kappa shape index (κ1) is 21.0. The first-order valence-corrected chi connectivity index (χ1v) is 10.5. The zero-order valence-electron chi connectivity index (χ0n) is 17.8. The van der Waals surface area contributed by atoms with Crippen LogP contribution in [0, 0.1) is 0 Å². The number of hydrogen-bond acceptors (Lipinski definition) is 5. The van der Waals surface area contributed by atoms with Crippen molar-refractivity contribution in [3.05, 3.63) is 54.0 Å². The molecule has 2 aliphatic rings. The summed E-state index contributed by atoms with van der Waals surface area (Å²) in [5, 5.41) is 3.08. The van der Waals surface area contributed by atoms with Crippen molar-refractivity contribution in [2.24, 2.45) is 0 Å². The molecule has 8 heteroatoms. The van der Waals surface area contributed by atoms with Crippen LogP contribution in [-0.2, 0) is 9.59 Å². The predicted octanol–water partition coefficient (Wildman–Crippen LogP) is 2.37. The average molecular weight is 425 g/mol. The molecule has 31 heavy (non-hydrogen) atoms. The van der Waals surface area contributed by atoms with Crippen LogP contribution >= 0.6 is 0 Å². The van der Waals surface area contributed by atoms with Gasteiger partial charge in [0.2, 0.25) is 11.8 Å². The average Bonchev–Trinajstić information content (AvgIpc) is 3.26. The molecule has 1 aromatic carbocycles. The predicted molar refractivity (Wildman–Crippen MR) is 112 cm³/mol. The fourth-order valence-corrected chi connectivity index (χ4v) is 4.32. The Balaban J connectivity index is 1.49. The molecule has 164 valence electrons. The van der Waals surface area contributed by atoms with Gasteiger partial charge in [-0.25, -0.2) is 0 Å². The number of fused-ring (bicyclic) bond motifs is 1. The van der Waals surface area contributed by atoms with Gasteiger partial charge in [-0.05, 0) is 24.6 Å². The van der Waals surface area contributed by atoms with Crippen LogP contribution in [0.4, 0.5) is 0 Å². The number of amides is 3. The lowest BCUT2D eigenvalue weighted by Gasteiger charge is -2.42. The second kappa shape index (κ2) is 8.45. The number of para-hydroxylation sites is 1. The van der Waals surface area contributed by atoms with E-state index in [1.165, 1.54) is 11.2 Å². The maximum absolute atomic E-state index is 12.8. The normalized spacial score (nSPS) is 23.0. The van der Waals surface area contributed by atoms with Crippen molar-refractivity contribution in [2.75, 3.05) is 27.2 Å². The lowest BCUT2D eigenvalue weighted by Crippen LogP contribution is -2.47. The van der Waals surface area contributed by atoms with E-state index in [9.17, 15) is 14.4 Å². The Morgan fingerprint density at radius 2 is 2.03 bits per heavy atom. The summed E-state index contributed by atoms with van der Waals surface area (Å²) >= 11 is 0. The molecule has 4 rings (SSSR count). The van der Waals surface area contributed by atoms with E-state index in [0.717, 1.165) is 11.3 Å². The number of likely N-dealkylation sites (N-methyl/N-ethyl adjacent to an activating group) is 1. The van der Waals surface area contributed by atoms with Crippen LogP contribution in [0.2, 0.25) is 0 Å². The van der Waals surface area contributed by atoms with Gasteiger partial charge in [-0.3, -0.25) is 14.4 Å². The fourth-order valence-electron chi connectivity index (χ4n) is 4.32. The maximum atomic E-state index is 12.8. The molecular formula is C23H27N3O5. The number of likely N-dealkylation sites (tertiary alicyclic amines) is 1. The number of rotatable bonds is 4. The molecule has 1 saturated heterocycles. The van der Waals surface area contributed by atoms with Crippen molar-refractivity contribution in [1.82, 2.24) is 15.1 Å². The summed E-state index contributed by atoms with van der Waals surface area (Å²) in [5.74, 6) is 0.419. The molecule has 1 N–H and O–H groups in total. The number of benzene rings is 1. The summed E-state index contributed by atoms with van der Waals surface area (Å²) in [6.45, 7) is 0.523. The molecule has 0 bridgehead atoms. The van der Waals surface area contributed by atoms with Crippen LogP contribution in [0.1, 0.15) is 47.8 Å². The van der Waals surface area contributed by atoms with Gasteiger partial charge in [-0.15, -0.1) is 0 Å². The number of carbonyl (C=O) groups excluding carboxylic acids is 3. The highest BCUT2D eigenvalue weighted by Crippen LogP contribution is 2.44. The first-order chi connectivity index (χ1) is 14.9. The Morgan fingerprint density at radius 3 is 2.81 bits per heavy atom. The summed E-state index contributed by atoms with van der Waals surface area (Å²) in [4.78, 5) is 40.4. The summed E-state index contributed by atoms with van der Waals surface area (Å²) in [7, 11) is 3.37. The largest absolute Gasteiger partial charge is 0.487 e. The highest BCUT2D eigenvalue weighted by Gasteiger charge is 2.43. The fraction of sp³-hybridized carbons (Fsp3) is 0.435. The Bertz CT molecular complexity index is 973. The zero-order valence-corrected chi connectivity index (χ0v) is 17.8. The molecule has 8 nitrogen and oxygen atoms in total. The Morgan fingerprint density at radius 1 is 1.23 bits per heavy atom. The molecule has 0 aliphatic carbocycles. The minimum absolute atomic E-state index is 0.0900. The third kappa shape index (κ3) is 4.42. The number of ether oxygens (including phenoxy) is 1. The minimum Gasteiger partial charge on any atom is -0.487 e. The Hall–Kier alpha value is -3.29. The van der Waals surface area contributed by atoms with E-state index in [2.05, 4.69) is 5.32 Å². The number of furan rings is 1. The second-order valence-electron chi connectivity index (χ2n) is 8.35. The Kier molecular flexibility index (Phi) is 5.71. The zero-order chi connectivity index (χ0) is 22.0. The monoisotopic (exact) mass is 425 g/mol. The molecule has 2 aromatic rings. The van der Waals surface area contributed by atoms with Crippen LogP contribution in [0.15, 0.2) is 47.1 Å². The third-order valence-electron chi connectivity index (χ3n) is 6.11. The highest BCUT2D eigenvalue weighted by atomic mass is 16.5. The summed E-state index contributed by atoms with van der Waals surface area (Å²) < 4.78 is 11.5. The van der Waals surface area contributed by atoms with Crippen LogP contribution in [0.5, 0.6) is 5.75 Å². The second-order valence-corrected chi connectivity index (χ2v) is 8.35. The molecule has 1 spiro atoms. The van der Waals surface area contributed by atoms with Crippen molar-refractivity contribution < 1.29 is 23.5 Å². The van der Waals surface area contributed by atoms with Crippen LogP contribution in [-0.4, -0.2) is 60.3 Å². The number of nitrogens with zero attached hydrogens (tertiary/aromatic N) is 2. The first-order valence-electron chi connectivity index (χ1n) is 10.5. The van der Waals surface area contributed by atoms with Gasteiger partial charge in [0.1, 0.15) is 11.4 Å². The lowest BCUT2D eigenvalue weighted by atomic mass is 9.82. The van der Waals surface area contributed by atoms with Crippen LogP contribution in [0.25, 0.3) is 0 Å². The molecule has 0 unspecified atom stereocenters. The van der Waals surface area contributed by atoms with E-state index in [1.807, 2.05) is 31.3 Å². The van der Waals surface area contributed by atoms with Gasteiger partial charge in [-0.1, -0.05) is 18.2 Å². The molecule has 1 fully saturated rings. The topological polar surface area (TPSA) is 92.1 Å². The van der Waals surface area contributed by atoms with E-state index >= 15 is 0 Å². The van der Waals surface area contributed by atoms with Crippen LogP contribution < -0.4 is 10.1 Å². The van der Waals surface area contributed by atoms with Gasteiger partial charge in [0.05, 0.1) is 18.8 Å². The molecule has 0 radical (unpaired) electrons. The number of nitrogens with one attached hydrogen (secondary N) is 1. The highest BCUT2D eigenvalue weighted by molar-refractivity contribution is 5.94. The molecule has 2 atom stereocenters. The van der Waals surface area contributed by atoms with E-state index in [0.29, 0.717) is 32.2 Å².